The molecule has 0 radical (unpaired) electrons. The van der Waals surface area contributed by atoms with E-state index in [1.807, 2.05) is 11.8 Å². The fourth-order valence-electron chi connectivity index (χ4n) is 4.16. The first kappa shape index (κ1) is 16.7. The molecule has 1 atom stereocenters. The molecule has 0 aromatic heterocycles. The number of nitrogens with zero attached hydrogens (tertiary/aromatic N) is 3. The predicted molar refractivity (Wildman–Crippen MR) is 87.0 cm³/mol. The molecule has 1 aliphatic carbocycles. The number of carbonyl (C=O) groups excluding carboxylic acids is 2. The zero-order chi connectivity index (χ0) is 16.4. The topological polar surface area (TPSA) is 53.1 Å². The molecule has 2 aliphatic heterocycles. The van der Waals surface area contributed by atoms with Crippen molar-refractivity contribution >= 4 is 11.8 Å². The van der Waals surface area contributed by atoms with E-state index in [2.05, 4.69) is 4.90 Å². The molecule has 2 saturated heterocycles. The Morgan fingerprint density at radius 2 is 1.65 bits per heavy atom. The first-order valence-electron chi connectivity index (χ1n) is 8.92. The van der Waals surface area contributed by atoms with Gasteiger partial charge in [-0.05, 0) is 19.8 Å². The molecule has 1 unspecified atom stereocenters. The smallest absolute Gasteiger partial charge is 0.256 e. The third-order valence-corrected chi connectivity index (χ3v) is 5.61. The summed E-state index contributed by atoms with van der Waals surface area (Å²) in [5, 5.41) is 0. The van der Waals surface area contributed by atoms with Crippen molar-refractivity contribution in [3.8, 4) is 0 Å². The standard InChI is InChI=1S/C17H29N3O3/c1-14(21)20-11-12-23-17(2,13-20)16(22)19-9-7-18(8-10-19)15-5-3-4-6-15/h15H,3-13H2,1-2H3. The quantitative estimate of drug-likeness (QED) is 0.751. The number of piperazine rings is 1. The van der Waals surface area contributed by atoms with Crippen molar-refractivity contribution in [3.63, 3.8) is 0 Å². The molecule has 0 aromatic rings. The minimum absolute atomic E-state index is 0.0124. The van der Waals surface area contributed by atoms with Gasteiger partial charge < -0.3 is 14.5 Å². The maximum Gasteiger partial charge on any atom is 0.256 e. The van der Waals surface area contributed by atoms with Gasteiger partial charge in [0.05, 0.1) is 13.2 Å². The number of hydrogen-bond acceptors (Lipinski definition) is 4. The second-order valence-corrected chi connectivity index (χ2v) is 7.29. The zero-order valence-electron chi connectivity index (χ0n) is 14.4. The Morgan fingerprint density at radius 1 is 1.00 bits per heavy atom. The minimum atomic E-state index is -0.889. The van der Waals surface area contributed by atoms with Gasteiger partial charge in [0.2, 0.25) is 5.91 Å². The van der Waals surface area contributed by atoms with E-state index >= 15 is 0 Å². The number of rotatable bonds is 2. The van der Waals surface area contributed by atoms with Gasteiger partial charge in [-0.1, -0.05) is 12.8 Å². The molecule has 0 spiro atoms. The number of amides is 2. The normalized spacial score (nSPS) is 30.7. The Balaban J connectivity index is 1.56. The molecule has 2 heterocycles. The number of carbonyl (C=O) groups is 2. The predicted octanol–water partition coefficient (Wildman–Crippen LogP) is 0.711. The average Bonchev–Trinajstić information content (AvgIpc) is 3.09. The summed E-state index contributed by atoms with van der Waals surface area (Å²) in [7, 11) is 0. The van der Waals surface area contributed by atoms with Crippen LogP contribution in [-0.2, 0) is 14.3 Å². The molecule has 23 heavy (non-hydrogen) atoms. The van der Waals surface area contributed by atoms with Crippen molar-refractivity contribution in [2.75, 3.05) is 45.9 Å². The van der Waals surface area contributed by atoms with Crippen LogP contribution in [0.15, 0.2) is 0 Å². The largest absolute Gasteiger partial charge is 0.362 e. The van der Waals surface area contributed by atoms with Crippen LogP contribution in [0.1, 0.15) is 39.5 Å². The van der Waals surface area contributed by atoms with Crippen molar-refractivity contribution in [2.45, 2.75) is 51.2 Å². The second kappa shape index (κ2) is 6.77. The number of ether oxygens (including phenoxy) is 1. The van der Waals surface area contributed by atoms with Gasteiger partial charge in [0, 0.05) is 45.7 Å². The highest BCUT2D eigenvalue weighted by Crippen LogP contribution is 2.26. The van der Waals surface area contributed by atoms with E-state index in [1.165, 1.54) is 25.7 Å². The Kier molecular flexibility index (Phi) is 4.92. The van der Waals surface area contributed by atoms with Gasteiger partial charge in [-0.15, -0.1) is 0 Å². The van der Waals surface area contributed by atoms with Crippen molar-refractivity contribution in [1.82, 2.24) is 14.7 Å². The summed E-state index contributed by atoms with van der Waals surface area (Å²) < 4.78 is 5.79. The van der Waals surface area contributed by atoms with Crippen LogP contribution >= 0.6 is 0 Å². The fraction of sp³-hybridized carbons (Fsp3) is 0.882. The fourth-order valence-corrected chi connectivity index (χ4v) is 4.16. The third-order valence-electron chi connectivity index (χ3n) is 5.61. The maximum atomic E-state index is 12.9. The van der Waals surface area contributed by atoms with E-state index in [-0.39, 0.29) is 11.8 Å². The molecule has 1 saturated carbocycles. The van der Waals surface area contributed by atoms with Crippen molar-refractivity contribution in [1.29, 1.82) is 0 Å². The lowest BCUT2D eigenvalue weighted by Gasteiger charge is -2.44. The number of hydrogen-bond donors (Lipinski definition) is 0. The van der Waals surface area contributed by atoms with Crippen LogP contribution in [0, 0.1) is 0 Å². The molecular formula is C17H29N3O3. The van der Waals surface area contributed by atoms with Crippen LogP contribution in [0.4, 0.5) is 0 Å². The van der Waals surface area contributed by atoms with Crippen LogP contribution in [0.5, 0.6) is 0 Å². The maximum absolute atomic E-state index is 12.9. The van der Waals surface area contributed by atoms with Gasteiger partial charge in [0.15, 0.2) is 5.60 Å². The van der Waals surface area contributed by atoms with E-state index < -0.39 is 5.60 Å². The van der Waals surface area contributed by atoms with E-state index in [9.17, 15) is 9.59 Å². The summed E-state index contributed by atoms with van der Waals surface area (Å²) in [5.74, 6) is 0.0490. The highest BCUT2D eigenvalue weighted by molar-refractivity contribution is 5.86. The van der Waals surface area contributed by atoms with Gasteiger partial charge >= 0.3 is 0 Å². The Bertz CT molecular complexity index is 456. The Labute approximate surface area is 138 Å². The third kappa shape index (κ3) is 3.53. The van der Waals surface area contributed by atoms with Crippen molar-refractivity contribution in [2.24, 2.45) is 0 Å². The molecular weight excluding hydrogens is 294 g/mol. The lowest BCUT2D eigenvalue weighted by atomic mass is 10.0. The molecule has 3 aliphatic rings. The zero-order valence-corrected chi connectivity index (χ0v) is 14.4. The van der Waals surface area contributed by atoms with Crippen LogP contribution in [0.2, 0.25) is 0 Å². The van der Waals surface area contributed by atoms with Crippen LogP contribution in [-0.4, -0.2) is 84.0 Å². The van der Waals surface area contributed by atoms with E-state index in [0.717, 1.165) is 32.2 Å². The lowest BCUT2D eigenvalue weighted by Crippen LogP contribution is -2.62. The van der Waals surface area contributed by atoms with Crippen LogP contribution in [0.25, 0.3) is 0 Å². The van der Waals surface area contributed by atoms with Gasteiger partial charge in [0.25, 0.3) is 5.91 Å². The number of morpholine rings is 1. The molecule has 130 valence electrons. The summed E-state index contributed by atoms with van der Waals surface area (Å²) in [4.78, 5) is 30.7. The first-order chi connectivity index (χ1) is 11.0. The monoisotopic (exact) mass is 323 g/mol. The second-order valence-electron chi connectivity index (χ2n) is 7.29. The Hall–Kier alpha value is -1.14. The van der Waals surface area contributed by atoms with Gasteiger partial charge in [-0.2, -0.15) is 0 Å². The van der Waals surface area contributed by atoms with Crippen molar-refractivity contribution < 1.29 is 14.3 Å². The molecule has 0 aromatic carbocycles. The molecule has 6 nitrogen and oxygen atoms in total. The van der Waals surface area contributed by atoms with Gasteiger partial charge in [-0.25, -0.2) is 0 Å². The lowest BCUT2D eigenvalue weighted by molar-refractivity contribution is -0.172. The van der Waals surface area contributed by atoms with Crippen molar-refractivity contribution in [3.05, 3.63) is 0 Å². The minimum Gasteiger partial charge on any atom is -0.362 e. The SMILES string of the molecule is CC(=O)N1CCOC(C)(C(=O)N2CCN(C3CCCC3)CC2)C1. The molecule has 3 rings (SSSR count). The summed E-state index contributed by atoms with van der Waals surface area (Å²) in [6.45, 7) is 8.22. The molecule has 2 amide bonds. The van der Waals surface area contributed by atoms with E-state index in [0.29, 0.717) is 19.7 Å². The highest BCUT2D eigenvalue weighted by atomic mass is 16.5. The molecule has 6 heteroatoms. The molecule has 0 N–H and O–H groups in total. The van der Waals surface area contributed by atoms with E-state index in [1.54, 1.807) is 11.8 Å². The van der Waals surface area contributed by atoms with E-state index in [4.69, 9.17) is 4.74 Å². The highest BCUT2D eigenvalue weighted by Gasteiger charge is 2.43. The summed E-state index contributed by atoms with van der Waals surface area (Å²) >= 11 is 0. The van der Waals surface area contributed by atoms with Crippen LogP contribution < -0.4 is 0 Å². The summed E-state index contributed by atoms with van der Waals surface area (Å²) in [5.41, 5.74) is -0.889. The first-order valence-corrected chi connectivity index (χ1v) is 8.92. The van der Waals surface area contributed by atoms with Gasteiger partial charge in [-0.3, -0.25) is 14.5 Å². The average molecular weight is 323 g/mol. The summed E-state index contributed by atoms with van der Waals surface area (Å²) in [6.07, 6.45) is 5.30. The Morgan fingerprint density at radius 3 is 2.26 bits per heavy atom. The molecule has 0 bridgehead atoms. The molecule has 3 fully saturated rings. The van der Waals surface area contributed by atoms with Gasteiger partial charge in [0.1, 0.15) is 0 Å². The summed E-state index contributed by atoms with van der Waals surface area (Å²) in [6, 6.07) is 0.724. The van der Waals surface area contributed by atoms with Crippen LogP contribution in [0.3, 0.4) is 0 Å².